The lowest BCUT2D eigenvalue weighted by molar-refractivity contribution is -0.142. The molecule has 0 saturated heterocycles. The van der Waals surface area contributed by atoms with Crippen molar-refractivity contribution in [2.75, 3.05) is 12.3 Å². The molecule has 4 atom stereocenters. The van der Waals surface area contributed by atoms with Crippen LogP contribution in [0, 0.1) is 5.92 Å². The summed E-state index contributed by atoms with van der Waals surface area (Å²) in [4.78, 5) is 59.8. The maximum atomic E-state index is 12.7. The van der Waals surface area contributed by atoms with E-state index in [1.54, 1.807) is 13.8 Å². The highest BCUT2D eigenvalue weighted by atomic mass is 32.1. The Morgan fingerprint density at radius 1 is 0.906 bits per heavy atom. The summed E-state index contributed by atoms with van der Waals surface area (Å²) in [5, 5.41) is 16.7. The number of nitrogens with one attached hydrogen (secondary N) is 3. The second-order valence-corrected chi connectivity index (χ2v) is 8.13. The Morgan fingerprint density at radius 2 is 1.50 bits per heavy atom. The number of primary amides is 1. The van der Waals surface area contributed by atoms with E-state index in [1.807, 2.05) is 0 Å². The van der Waals surface area contributed by atoms with Crippen LogP contribution in [-0.2, 0) is 24.0 Å². The Labute approximate surface area is 193 Å². The van der Waals surface area contributed by atoms with Gasteiger partial charge < -0.3 is 38.3 Å². The van der Waals surface area contributed by atoms with Crippen molar-refractivity contribution in [3.8, 4) is 0 Å². The predicted octanol–water partition coefficient (Wildman–Crippen LogP) is -2.17. The molecule has 4 unspecified atom stereocenters. The zero-order valence-corrected chi connectivity index (χ0v) is 19.4. The molecule has 0 spiro atoms. The number of nitrogens with two attached hydrogens (primary N) is 3. The SMILES string of the molecule is CC(C)C(NC(=O)C(N)CCC(N)=O)C(=O)NC(CS)C(=O)NC(CCCCN)C(=O)O. The third kappa shape index (κ3) is 11.3. The van der Waals surface area contributed by atoms with Crippen molar-refractivity contribution >= 4 is 42.2 Å². The molecular weight excluding hydrogens is 440 g/mol. The van der Waals surface area contributed by atoms with E-state index in [4.69, 9.17) is 17.2 Å². The fourth-order valence-corrected chi connectivity index (χ4v) is 2.96. The minimum absolute atomic E-state index is 0.0238. The van der Waals surface area contributed by atoms with Gasteiger partial charge >= 0.3 is 5.97 Å². The van der Waals surface area contributed by atoms with Crippen LogP contribution in [0.4, 0.5) is 0 Å². The third-order valence-corrected chi connectivity index (χ3v) is 5.03. The molecule has 0 bridgehead atoms. The molecule has 0 aliphatic carbocycles. The van der Waals surface area contributed by atoms with Gasteiger partial charge in [0.2, 0.25) is 23.6 Å². The lowest BCUT2D eigenvalue weighted by atomic mass is 10.0. The van der Waals surface area contributed by atoms with E-state index in [1.165, 1.54) is 0 Å². The number of carbonyl (C=O) groups is 5. The van der Waals surface area contributed by atoms with Gasteiger partial charge in [-0.05, 0) is 38.1 Å². The number of carboxylic acid groups (broad SMARTS) is 1. The number of carboxylic acids is 1. The highest BCUT2D eigenvalue weighted by Crippen LogP contribution is 2.06. The van der Waals surface area contributed by atoms with E-state index >= 15 is 0 Å². The topological polar surface area (TPSA) is 220 Å². The van der Waals surface area contributed by atoms with Gasteiger partial charge in [-0.3, -0.25) is 19.2 Å². The highest BCUT2D eigenvalue weighted by molar-refractivity contribution is 7.80. The number of hydrogen-bond acceptors (Lipinski definition) is 8. The lowest BCUT2D eigenvalue weighted by Crippen LogP contribution is -2.58. The molecule has 0 fully saturated rings. The Bertz CT molecular complexity index is 662. The smallest absolute Gasteiger partial charge is 0.326 e. The van der Waals surface area contributed by atoms with E-state index in [0.29, 0.717) is 19.4 Å². The fourth-order valence-electron chi connectivity index (χ4n) is 2.70. The molecule has 4 amide bonds. The standard InChI is InChI=1S/C19H36N6O6S/c1-10(2)15(25-16(27)11(21)6-7-14(22)26)18(29)24-13(9-32)17(28)23-12(19(30)31)5-3-4-8-20/h10-13,15,32H,3-9,20-21H2,1-2H3,(H2,22,26)(H,23,28)(H,24,29)(H,25,27)(H,30,31). The van der Waals surface area contributed by atoms with Gasteiger partial charge in [0.25, 0.3) is 0 Å². The van der Waals surface area contributed by atoms with Crippen LogP contribution in [0.2, 0.25) is 0 Å². The third-order valence-electron chi connectivity index (χ3n) is 4.66. The number of carbonyl (C=O) groups excluding carboxylic acids is 4. The molecule has 32 heavy (non-hydrogen) atoms. The fraction of sp³-hybridized carbons (Fsp3) is 0.737. The van der Waals surface area contributed by atoms with Gasteiger partial charge in [0.05, 0.1) is 6.04 Å². The Kier molecular flexibility index (Phi) is 14.3. The normalized spacial score (nSPS) is 14.7. The number of hydrogen-bond donors (Lipinski definition) is 8. The first kappa shape index (κ1) is 29.6. The van der Waals surface area contributed by atoms with Crippen LogP contribution in [-0.4, -0.2) is 71.2 Å². The number of thiol groups is 1. The molecular formula is C19H36N6O6S. The summed E-state index contributed by atoms with van der Waals surface area (Å²) in [7, 11) is 0. The Morgan fingerprint density at radius 3 is 1.97 bits per heavy atom. The predicted molar refractivity (Wildman–Crippen MR) is 121 cm³/mol. The number of rotatable bonds is 16. The van der Waals surface area contributed by atoms with E-state index < -0.39 is 53.8 Å². The summed E-state index contributed by atoms with van der Waals surface area (Å²) in [6, 6.07) is -4.30. The molecule has 0 aromatic carbocycles. The van der Waals surface area contributed by atoms with Gasteiger partial charge in [0.15, 0.2) is 0 Å². The van der Waals surface area contributed by atoms with Gasteiger partial charge in [-0.1, -0.05) is 13.8 Å². The van der Waals surface area contributed by atoms with E-state index in [2.05, 4.69) is 28.6 Å². The molecule has 13 heteroatoms. The quantitative estimate of drug-likeness (QED) is 0.0902. The Hall–Kier alpha value is -2.38. The van der Waals surface area contributed by atoms with Crippen molar-refractivity contribution in [3.05, 3.63) is 0 Å². The minimum Gasteiger partial charge on any atom is -0.480 e. The van der Waals surface area contributed by atoms with Gasteiger partial charge in [-0.15, -0.1) is 0 Å². The second kappa shape index (κ2) is 15.4. The van der Waals surface area contributed by atoms with Crippen LogP contribution >= 0.6 is 12.6 Å². The van der Waals surface area contributed by atoms with Crippen molar-refractivity contribution in [3.63, 3.8) is 0 Å². The number of amides is 4. The zero-order valence-electron chi connectivity index (χ0n) is 18.5. The summed E-state index contributed by atoms with van der Waals surface area (Å²) in [5.74, 6) is -4.25. The molecule has 0 aromatic heterocycles. The van der Waals surface area contributed by atoms with Crippen LogP contribution in [0.1, 0.15) is 46.0 Å². The van der Waals surface area contributed by atoms with Crippen molar-refractivity contribution in [1.29, 1.82) is 0 Å². The summed E-state index contributed by atoms with van der Waals surface area (Å²) in [6.07, 6.45) is 1.27. The lowest BCUT2D eigenvalue weighted by Gasteiger charge is -2.26. The van der Waals surface area contributed by atoms with Crippen molar-refractivity contribution in [2.24, 2.45) is 23.1 Å². The molecule has 0 radical (unpaired) electrons. The molecule has 10 N–H and O–H groups in total. The zero-order chi connectivity index (χ0) is 24.8. The van der Waals surface area contributed by atoms with E-state index in [-0.39, 0.29) is 30.9 Å². The molecule has 0 aliphatic heterocycles. The maximum Gasteiger partial charge on any atom is 0.326 e. The molecule has 0 saturated carbocycles. The minimum atomic E-state index is -1.20. The first-order chi connectivity index (χ1) is 14.9. The molecule has 0 rings (SSSR count). The first-order valence-corrected chi connectivity index (χ1v) is 11.1. The first-order valence-electron chi connectivity index (χ1n) is 10.4. The highest BCUT2D eigenvalue weighted by Gasteiger charge is 2.31. The summed E-state index contributed by atoms with van der Waals surface area (Å²) >= 11 is 4.07. The van der Waals surface area contributed by atoms with Crippen LogP contribution in [0.15, 0.2) is 0 Å². The largest absolute Gasteiger partial charge is 0.480 e. The van der Waals surface area contributed by atoms with Gasteiger partial charge in [0.1, 0.15) is 18.1 Å². The average Bonchev–Trinajstić information content (AvgIpc) is 2.72. The van der Waals surface area contributed by atoms with Gasteiger partial charge in [-0.25, -0.2) is 4.79 Å². The number of unbranched alkanes of at least 4 members (excludes halogenated alkanes) is 1. The van der Waals surface area contributed by atoms with Crippen LogP contribution in [0.25, 0.3) is 0 Å². The maximum absolute atomic E-state index is 12.7. The van der Waals surface area contributed by atoms with Gasteiger partial charge in [0, 0.05) is 12.2 Å². The second-order valence-electron chi connectivity index (χ2n) is 7.77. The summed E-state index contributed by atoms with van der Waals surface area (Å²) < 4.78 is 0. The van der Waals surface area contributed by atoms with E-state index in [0.717, 1.165) is 0 Å². The molecule has 184 valence electrons. The van der Waals surface area contributed by atoms with Crippen LogP contribution in [0.3, 0.4) is 0 Å². The van der Waals surface area contributed by atoms with Crippen LogP contribution < -0.4 is 33.2 Å². The molecule has 12 nitrogen and oxygen atoms in total. The Balaban J connectivity index is 5.08. The van der Waals surface area contributed by atoms with E-state index in [9.17, 15) is 29.1 Å². The van der Waals surface area contributed by atoms with Crippen molar-refractivity contribution < 1.29 is 29.1 Å². The van der Waals surface area contributed by atoms with Crippen molar-refractivity contribution in [1.82, 2.24) is 16.0 Å². The molecule has 0 aromatic rings. The summed E-state index contributed by atoms with van der Waals surface area (Å²) in [6.45, 7) is 3.78. The molecule has 0 heterocycles. The average molecular weight is 477 g/mol. The van der Waals surface area contributed by atoms with Gasteiger partial charge in [-0.2, -0.15) is 12.6 Å². The summed E-state index contributed by atoms with van der Waals surface area (Å²) in [5.41, 5.74) is 16.2. The number of aliphatic carboxylic acids is 1. The molecule has 0 aliphatic rings. The van der Waals surface area contributed by atoms with Crippen LogP contribution in [0.5, 0.6) is 0 Å². The van der Waals surface area contributed by atoms with Crippen molar-refractivity contribution in [2.45, 2.75) is 70.1 Å². The monoisotopic (exact) mass is 476 g/mol.